The Morgan fingerprint density at radius 1 is 1.30 bits per heavy atom. The largest absolute Gasteiger partial charge is 0.296 e. The summed E-state index contributed by atoms with van der Waals surface area (Å²) in [7, 11) is 1.40. The smallest absolute Gasteiger partial charge is 0.294 e. The van der Waals surface area contributed by atoms with Crippen molar-refractivity contribution >= 4 is 19.7 Å². The average Bonchev–Trinajstić information content (AvgIpc) is 3.04. The standard InChI is InChI=1S/C12H11ClFN3O2S/c1-7-4-8(6-9(14)5-7)11-15-16-12(20(13,18)19)17(11)10-2-3-10/h4-6,10H,2-3H2,1H3. The van der Waals surface area contributed by atoms with Gasteiger partial charge in [0.05, 0.1) is 0 Å². The quantitative estimate of drug-likeness (QED) is 0.817. The molecular formula is C12H11ClFN3O2S. The van der Waals surface area contributed by atoms with E-state index in [9.17, 15) is 12.8 Å². The minimum atomic E-state index is -3.98. The van der Waals surface area contributed by atoms with Crippen LogP contribution in [0.4, 0.5) is 4.39 Å². The van der Waals surface area contributed by atoms with E-state index < -0.39 is 14.9 Å². The predicted octanol–water partition coefficient (Wildman–Crippen LogP) is 2.66. The summed E-state index contributed by atoms with van der Waals surface area (Å²) in [6.07, 6.45) is 1.66. The van der Waals surface area contributed by atoms with Crippen molar-refractivity contribution in [1.29, 1.82) is 0 Å². The molecule has 1 aliphatic rings. The van der Waals surface area contributed by atoms with Gasteiger partial charge in [-0.2, -0.15) is 0 Å². The molecule has 0 aliphatic heterocycles. The number of aryl methyl sites for hydroxylation is 1. The third-order valence-electron chi connectivity index (χ3n) is 3.09. The van der Waals surface area contributed by atoms with E-state index in [4.69, 9.17) is 10.7 Å². The summed E-state index contributed by atoms with van der Waals surface area (Å²) in [6, 6.07) is 4.43. The summed E-state index contributed by atoms with van der Waals surface area (Å²) in [4.78, 5) is 0. The molecule has 0 spiro atoms. The fourth-order valence-corrected chi connectivity index (χ4v) is 3.09. The van der Waals surface area contributed by atoms with Crippen molar-refractivity contribution in [2.75, 3.05) is 0 Å². The van der Waals surface area contributed by atoms with Gasteiger partial charge in [0.25, 0.3) is 14.2 Å². The molecule has 0 N–H and O–H groups in total. The molecule has 3 rings (SSSR count). The highest BCUT2D eigenvalue weighted by Crippen LogP contribution is 2.40. The number of nitrogens with zero attached hydrogens (tertiary/aromatic N) is 3. The van der Waals surface area contributed by atoms with Crippen molar-refractivity contribution in [2.45, 2.75) is 31.0 Å². The Hall–Kier alpha value is -1.47. The molecule has 1 heterocycles. The highest BCUT2D eigenvalue weighted by atomic mass is 35.7. The molecule has 0 atom stereocenters. The lowest BCUT2D eigenvalue weighted by molar-refractivity contribution is 0.579. The van der Waals surface area contributed by atoms with Crippen LogP contribution in [0, 0.1) is 12.7 Å². The van der Waals surface area contributed by atoms with Crippen molar-refractivity contribution in [2.24, 2.45) is 0 Å². The summed E-state index contributed by atoms with van der Waals surface area (Å²) < 4.78 is 38.0. The molecule has 1 aromatic carbocycles. The molecule has 20 heavy (non-hydrogen) atoms. The van der Waals surface area contributed by atoms with E-state index in [2.05, 4.69) is 10.2 Å². The molecular weight excluding hydrogens is 305 g/mol. The Bertz CT molecular complexity index is 764. The Balaban J connectivity index is 2.22. The van der Waals surface area contributed by atoms with E-state index in [0.29, 0.717) is 11.4 Å². The first-order valence-corrected chi connectivity index (χ1v) is 8.34. The third-order valence-corrected chi connectivity index (χ3v) is 4.22. The second-order valence-corrected chi connectivity index (χ2v) is 7.32. The Kier molecular flexibility index (Phi) is 3.06. The zero-order valence-electron chi connectivity index (χ0n) is 10.5. The molecule has 0 amide bonds. The normalized spacial score (nSPS) is 15.6. The van der Waals surface area contributed by atoms with Crippen molar-refractivity contribution < 1.29 is 12.8 Å². The van der Waals surface area contributed by atoms with Crippen LogP contribution in [0.15, 0.2) is 23.4 Å². The van der Waals surface area contributed by atoms with Gasteiger partial charge >= 0.3 is 0 Å². The molecule has 2 aromatic rings. The second-order valence-electron chi connectivity index (χ2n) is 4.86. The predicted molar refractivity (Wildman–Crippen MR) is 71.5 cm³/mol. The Morgan fingerprint density at radius 2 is 2.00 bits per heavy atom. The maximum atomic E-state index is 13.5. The maximum absolute atomic E-state index is 13.5. The first-order valence-electron chi connectivity index (χ1n) is 6.03. The lowest BCUT2D eigenvalue weighted by atomic mass is 10.1. The zero-order valence-corrected chi connectivity index (χ0v) is 12.1. The summed E-state index contributed by atoms with van der Waals surface area (Å²) in [5, 5.41) is 7.25. The van der Waals surface area contributed by atoms with Gasteiger partial charge in [0.1, 0.15) is 5.82 Å². The number of benzene rings is 1. The molecule has 1 saturated carbocycles. The summed E-state index contributed by atoms with van der Waals surface area (Å²) in [5.74, 6) is -0.0741. The van der Waals surface area contributed by atoms with Crippen molar-refractivity contribution in [3.05, 3.63) is 29.6 Å². The van der Waals surface area contributed by atoms with Crippen LogP contribution in [-0.4, -0.2) is 23.2 Å². The minimum Gasteiger partial charge on any atom is -0.294 e. The van der Waals surface area contributed by atoms with E-state index in [-0.39, 0.29) is 11.2 Å². The SMILES string of the molecule is Cc1cc(F)cc(-c2nnc(S(=O)(=O)Cl)n2C2CC2)c1. The number of halogens is 2. The molecule has 0 saturated heterocycles. The lowest BCUT2D eigenvalue weighted by Gasteiger charge is -2.08. The van der Waals surface area contributed by atoms with Crippen LogP contribution in [0.3, 0.4) is 0 Å². The molecule has 5 nitrogen and oxygen atoms in total. The van der Waals surface area contributed by atoms with Crippen LogP contribution >= 0.6 is 10.7 Å². The monoisotopic (exact) mass is 315 g/mol. The fraction of sp³-hybridized carbons (Fsp3) is 0.333. The number of hydrogen-bond acceptors (Lipinski definition) is 4. The van der Waals surface area contributed by atoms with E-state index in [1.807, 2.05) is 0 Å². The van der Waals surface area contributed by atoms with Crippen LogP contribution in [0.5, 0.6) is 0 Å². The van der Waals surface area contributed by atoms with Gasteiger partial charge < -0.3 is 0 Å². The van der Waals surface area contributed by atoms with E-state index in [1.54, 1.807) is 13.0 Å². The van der Waals surface area contributed by atoms with Crippen LogP contribution in [0.25, 0.3) is 11.4 Å². The third kappa shape index (κ3) is 2.43. The Morgan fingerprint density at radius 3 is 2.55 bits per heavy atom. The van der Waals surface area contributed by atoms with Crippen molar-refractivity contribution in [3.8, 4) is 11.4 Å². The molecule has 8 heteroatoms. The van der Waals surface area contributed by atoms with E-state index in [0.717, 1.165) is 18.4 Å². The number of hydrogen-bond donors (Lipinski definition) is 0. The highest BCUT2D eigenvalue weighted by Gasteiger charge is 2.34. The van der Waals surface area contributed by atoms with E-state index >= 15 is 0 Å². The molecule has 1 fully saturated rings. The van der Waals surface area contributed by atoms with Crippen LogP contribution in [0.2, 0.25) is 0 Å². The van der Waals surface area contributed by atoms with Crippen molar-refractivity contribution in [3.63, 3.8) is 0 Å². The first-order chi connectivity index (χ1) is 9.36. The van der Waals surface area contributed by atoms with Gasteiger partial charge in [0, 0.05) is 22.3 Å². The van der Waals surface area contributed by atoms with E-state index in [1.165, 1.54) is 16.7 Å². The molecule has 1 aliphatic carbocycles. The molecule has 0 bridgehead atoms. The topological polar surface area (TPSA) is 64.8 Å². The molecule has 0 radical (unpaired) electrons. The zero-order chi connectivity index (χ0) is 14.5. The van der Waals surface area contributed by atoms with Gasteiger partial charge in [-0.05, 0) is 43.5 Å². The minimum absolute atomic E-state index is 0.00657. The number of aromatic nitrogens is 3. The second kappa shape index (κ2) is 4.53. The van der Waals surface area contributed by atoms with Gasteiger partial charge in [-0.3, -0.25) is 4.57 Å². The maximum Gasteiger partial charge on any atom is 0.296 e. The first kappa shape index (κ1) is 13.5. The van der Waals surface area contributed by atoms with Gasteiger partial charge in [-0.1, -0.05) is 0 Å². The van der Waals surface area contributed by atoms with Gasteiger partial charge in [0.2, 0.25) is 0 Å². The van der Waals surface area contributed by atoms with Crippen LogP contribution < -0.4 is 0 Å². The Labute approximate surface area is 119 Å². The number of rotatable bonds is 3. The average molecular weight is 316 g/mol. The highest BCUT2D eigenvalue weighted by molar-refractivity contribution is 8.13. The van der Waals surface area contributed by atoms with Crippen molar-refractivity contribution in [1.82, 2.24) is 14.8 Å². The van der Waals surface area contributed by atoms with Crippen LogP contribution in [0.1, 0.15) is 24.4 Å². The molecule has 0 unspecified atom stereocenters. The van der Waals surface area contributed by atoms with Gasteiger partial charge in [-0.15, -0.1) is 10.2 Å². The van der Waals surface area contributed by atoms with Gasteiger partial charge in [0.15, 0.2) is 5.82 Å². The summed E-state index contributed by atoms with van der Waals surface area (Å²) >= 11 is 0. The lowest BCUT2D eigenvalue weighted by Crippen LogP contribution is -2.06. The fourth-order valence-electron chi connectivity index (χ4n) is 2.17. The van der Waals surface area contributed by atoms with Crippen LogP contribution in [-0.2, 0) is 9.05 Å². The molecule has 1 aromatic heterocycles. The van der Waals surface area contributed by atoms with Gasteiger partial charge in [-0.25, -0.2) is 12.8 Å². The summed E-state index contributed by atoms with van der Waals surface area (Å²) in [6.45, 7) is 1.75. The summed E-state index contributed by atoms with van der Waals surface area (Å²) in [5.41, 5.74) is 1.22. The molecule has 106 valence electrons.